The summed E-state index contributed by atoms with van der Waals surface area (Å²) in [6.07, 6.45) is -0.778. The van der Waals surface area contributed by atoms with E-state index in [4.69, 9.17) is 0 Å². The number of carbonyl (C=O) groups excluding carboxylic acids is 2. The van der Waals surface area contributed by atoms with E-state index in [-0.39, 0.29) is 17.5 Å². The quantitative estimate of drug-likeness (QED) is 0.471. The largest absolute Gasteiger partial charge is 0.332 e. The number of benzene rings is 1. The van der Waals surface area contributed by atoms with Crippen LogP contribution in [0.1, 0.15) is 25.6 Å². The molecule has 0 atom stereocenters. The molecule has 0 fully saturated rings. The number of nitro benzene ring substituents is 1. The summed E-state index contributed by atoms with van der Waals surface area (Å²) in [6, 6.07) is 5.71. The molecule has 7 heteroatoms. The fourth-order valence-electron chi connectivity index (χ4n) is 1.43. The van der Waals surface area contributed by atoms with E-state index in [1.807, 2.05) is 0 Å². The third kappa shape index (κ3) is 3.85. The Morgan fingerprint density at radius 2 is 1.78 bits per heavy atom. The van der Waals surface area contributed by atoms with Gasteiger partial charge in [-0.1, -0.05) is 12.1 Å². The molecule has 0 heterocycles. The van der Waals surface area contributed by atoms with Crippen LogP contribution in [0, 0.1) is 10.1 Å². The van der Waals surface area contributed by atoms with E-state index in [0.717, 1.165) is 0 Å². The predicted molar refractivity (Wildman–Crippen MR) is 63.5 cm³/mol. The molecule has 0 aromatic heterocycles. The van der Waals surface area contributed by atoms with Crippen molar-refractivity contribution in [2.24, 2.45) is 0 Å². The SMILES string of the molecule is CC(=O)NC(NC(C)=O)c1cccc([N+](=O)[O-])c1. The summed E-state index contributed by atoms with van der Waals surface area (Å²) in [7, 11) is 0. The molecule has 0 aliphatic rings. The van der Waals surface area contributed by atoms with Crippen LogP contribution >= 0.6 is 0 Å². The first-order chi connectivity index (χ1) is 8.40. The van der Waals surface area contributed by atoms with Crippen molar-refractivity contribution < 1.29 is 14.5 Å². The molecule has 0 saturated carbocycles. The van der Waals surface area contributed by atoms with Gasteiger partial charge in [0, 0.05) is 31.5 Å². The molecule has 1 rings (SSSR count). The lowest BCUT2D eigenvalue weighted by Gasteiger charge is -2.18. The molecule has 1 aromatic rings. The van der Waals surface area contributed by atoms with Crippen molar-refractivity contribution in [2.45, 2.75) is 20.0 Å². The van der Waals surface area contributed by atoms with Crippen LogP contribution in [0.3, 0.4) is 0 Å². The highest BCUT2D eigenvalue weighted by Gasteiger charge is 2.16. The van der Waals surface area contributed by atoms with Gasteiger partial charge in [-0.25, -0.2) is 0 Å². The van der Waals surface area contributed by atoms with Crippen LogP contribution in [0.2, 0.25) is 0 Å². The lowest BCUT2D eigenvalue weighted by atomic mass is 10.1. The second-order valence-corrected chi connectivity index (χ2v) is 3.69. The van der Waals surface area contributed by atoms with Gasteiger partial charge in [-0.2, -0.15) is 0 Å². The topological polar surface area (TPSA) is 101 Å². The maximum absolute atomic E-state index is 11.0. The fraction of sp³-hybridized carbons (Fsp3) is 0.273. The highest BCUT2D eigenvalue weighted by Crippen LogP contribution is 2.17. The zero-order valence-electron chi connectivity index (χ0n) is 9.97. The third-order valence-electron chi connectivity index (χ3n) is 2.11. The summed E-state index contributed by atoms with van der Waals surface area (Å²) in [5.41, 5.74) is 0.336. The Labute approximate surface area is 103 Å². The van der Waals surface area contributed by atoms with Crippen molar-refractivity contribution in [3.63, 3.8) is 0 Å². The number of rotatable bonds is 4. The highest BCUT2D eigenvalue weighted by molar-refractivity contribution is 5.76. The molecule has 0 aliphatic carbocycles. The van der Waals surface area contributed by atoms with Gasteiger partial charge in [0.2, 0.25) is 11.8 Å². The van der Waals surface area contributed by atoms with Crippen LogP contribution in [-0.2, 0) is 9.59 Å². The Morgan fingerprint density at radius 3 is 2.22 bits per heavy atom. The molecule has 0 aliphatic heterocycles. The average Bonchev–Trinajstić information content (AvgIpc) is 2.27. The molecule has 96 valence electrons. The van der Waals surface area contributed by atoms with Crippen LogP contribution < -0.4 is 10.6 Å². The van der Waals surface area contributed by atoms with Gasteiger partial charge in [0.25, 0.3) is 5.69 Å². The van der Waals surface area contributed by atoms with Gasteiger partial charge in [-0.05, 0) is 0 Å². The van der Waals surface area contributed by atoms with Crippen molar-refractivity contribution in [1.29, 1.82) is 0 Å². The molecular formula is C11H13N3O4. The molecule has 7 nitrogen and oxygen atoms in total. The molecule has 0 radical (unpaired) electrons. The third-order valence-corrected chi connectivity index (χ3v) is 2.11. The second kappa shape index (κ2) is 5.76. The lowest BCUT2D eigenvalue weighted by molar-refractivity contribution is -0.384. The minimum atomic E-state index is -0.778. The summed E-state index contributed by atoms with van der Waals surface area (Å²) in [5, 5.41) is 15.7. The summed E-state index contributed by atoms with van der Waals surface area (Å²) in [6.45, 7) is 2.60. The number of carbonyl (C=O) groups is 2. The van der Waals surface area contributed by atoms with Gasteiger partial charge in [-0.15, -0.1) is 0 Å². The van der Waals surface area contributed by atoms with E-state index in [1.165, 1.54) is 32.0 Å². The van der Waals surface area contributed by atoms with Gasteiger partial charge in [-0.3, -0.25) is 19.7 Å². The van der Waals surface area contributed by atoms with Gasteiger partial charge in [0.05, 0.1) is 4.92 Å². The number of nitrogens with one attached hydrogen (secondary N) is 2. The van der Waals surface area contributed by atoms with Gasteiger partial charge >= 0.3 is 0 Å². The van der Waals surface area contributed by atoms with Crippen molar-refractivity contribution in [3.8, 4) is 0 Å². The van der Waals surface area contributed by atoms with Crippen molar-refractivity contribution in [3.05, 3.63) is 39.9 Å². The zero-order chi connectivity index (χ0) is 13.7. The number of non-ortho nitro benzene ring substituents is 1. The average molecular weight is 251 g/mol. The van der Waals surface area contributed by atoms with Crippen molar-refractivity contribution >= 4 is 17.5 Å². The van der Waals surface area contributed by atoms with Gasteiger partial charge in [0.15, 0.2) is 0 Å². The van der Waals surface area contributed by atoms with Crippen molar-refractivity contribution in [2.75, 3.05) is 0 Å². The molecule has 0 spiro atoms. The lowest BCUT2D eigenvalue weighted by Crippen LogP contribution is -2.39. The Morgan fingerprint density at radius 1 is 1.22 bits per heavy atom. The Hall–Kier alpha value is -2.44. The summed E-state index contributed by atoms with van der Waals surface area (Å²) in [4.78, 5) is 32.2. The Balaban J connectivity index is 3.03. The van der Waals surface area contributed by atoms with Gasteiger partial charge < -0.3 is 10.6 Å². The molecular weight excluding hydrogens is 238 g/mol. The van der Waals surface area contributed by atoms with E-state index in [1.54, 1.807) is 6.07 Å². The molecule has 18 heavy (non-hydrogen) atoms. The minimum absolute atomic E-state index is 0.104. The highest BCUT2D eigenvalue weighted by atomic mass is 16.6. The Bertz CT molecular complexity index is 471. The normalized spacial score (nSPS) is 9.94. The maximum atomic E-state index is 11.0. The number of nitrogens with zero attached hydrogens (tertiary/aromatic N) is 1. The predicted octanol–water partition coefficient (Wildman–Crippen LogP) is 0.866. The second-order valence-electron chi connectivity index (χ2n) is 3.69. The molecule has 0 bridgehead atoms. The van der Waals surface area contributed by atoms with Gasteiger partial charge in [0.1, 0.15) is 6.17 Å². The molecule has 2 N–H and O–H groups in total. The van der Waals surface area contributed by atoms with E-state index < -0.39 is 11.1 Å². The standard InChI is InChI=1S/C11H13N3O4/c1-7(15)12-11(13-8(2)16)9-4-3-5-10(6-9)14(17)18/h3-6,11H,1-2H3,(H,12,15)(H,13,16). The van der Waals surface area contributed by atoms with E-state index in [0.29, 0.717) is 5.56 Å². The number of hydrogen-bond acceptors (Lipinski definition) is 4. The monoisotopic (exact) mass is 251 g/mol. The summed E-state index contributed by atoms with van der Waals surface area (Å²) in [5.74, 6) is -0.694. The van der Waals surface area contributed by atoms with Crippen molar-refractivity contribution in [1.82, 2.24) is 10.6 Å². The van der Waals surface area contributed by atoms with Crippen LogP contribution in [0.25, 0.3) is 0 Å². The molecule has 2 amide bonds. The van der Waals surface area contributed by atoms with E-state index in [9.17, 15) is 19.7 Å². The maximum Gasteiger partial charge on any atom is 0.269 e. The molecule has 1 aromatic carbocycles. The fourth-order valence-corrected chi connectivity index (χ4v) is 1.43. The first kappa shape index (κ1) is 13.6. The summed E-state index contributed by atoms with van der Waals surface area (Å²) < 4.78 is 0. The number of amides is 2. The zero-order valence-corrected chi connectivity index (χ0v) is 9.97. The molecule has 0 saturated heterocycles. The first-order valence-corrected chi connectivity index (χ1v) is 5.18. The molecule has 0 unspecified atom stereocenters. The van der Waals surface area contributed by atoms with Crippen LogP contribution in [0.4, 0.5) is 5.69 Å². The van der Waals surface area contributed by atoms with Crippen LogP contribution in [0.5, 0.6) is 0 Å². The van der Waals surface area contributed by atoms with E-state index >= 15 is 0 Å². The smallest absolute Gasteiger partial charge is 0.269 e. The first-order valence-electron chi connectivity index (χ1n) is 5.18. The Kier molecular flexibility index (Phi) is 4.36. The van der Waals surface area contributed by atoms with E-state index in [2.05, 4.69) is 10.6 Å². The number of nitro groups is 1. The minimum Gasteiger partial charge on any atom is -0.332 e. The van der Waals surface area contributed by atoms with Crippen LogP contribution in [-0.4, -0.2) is 16.7 Å². The number of hydrogen-bond donors (Lipinski definition) is 2. The summed E-state index contributed by atoms with van der Waals surface area (Å²) >= 11 is 0. The van der Waals surface area contributed by atoms with Crippen LogP contribution in [0.15, 0.2) is 24.3 Å².